The van der Waals surface area contributed by atoms with Crippen molar-refractivity contribution in [3.63, 3.8) is 0 Å². The number of aromatic hydroxyl groups is 1. The van der Waals surface area contributed by atoms with E-state index >= 15 is 0 Å². The zero-order valence-corrected chi connectivity index (χ0v) is 32.0. The average Bonchev–Trinajstić information content (AvgIpc) is 3.21. The van der Waals surface area contributed by atoms with Crippen molar-refractivity contribution in [1.29, 1.82) is 0 Å². The Bertz CT molecular complexity index is 2560. The van der Waals surface area contributed by atoms with Crippen LogP contribution in [0.4, 0.5) is 45.5 Å². The Hall–Kier alpha value is -5.85. The number of methoxy groups -OCH3 is 1. The SMILES string of the molecule is COc1cc(N=Nc2cccc(SOOO)c2)ccc1NNc1ccc(N=Nc2c(SOOO)cc3ccc(Nc4cccc(S(=O)(=O)O)c4)cc3c2O)cc1C. The summed E-state index contributed by atoms with van der Waals surface area (Å²) in [4.78, 5) is 0.633. The van der Waals surface area contributed by atoms with Crippen LogP contribution in [0.5, 0.6) is 11.5 Å². The standard InChI is InChI=1S/C36H31N7O11S3/c1-21-15-26(11-13-31(21)41-42-32-14-12-27(20-33(32)50-2)39-38-25-6-3-7-28(17-25)55-53-51-45)40-43-35-34(56-54-52-46)16-22-9-10-24(19-30(22)36(35)44)37-23-5-4-8-29(18-23)57(47,48)49/h3-20,37,41-42,44-46H,1-2H3,(H,47,48,49). The van der Waals surface area contributed by atoms with E-state index in [0.717, 1.165) is 17.6 Å². The Morgan fingerprint density at radius 3 is 2.09 bits per heavy atom. The summed E-state index contributed by atoms with van der Waals surface area (Å²) in [7, 11) is -2.88. The number of phenols is 1. The van der Waals surface area contributed by atoms with Gasteiger partial charge in [0.05, 0.1) is 69.4 Å². The van der Waals surface area contributed by atoms with Gasteiger partial charge in [-0.2, -0.15) is 23.8 Å². The van der Waals surface area contributed by atoms with Gasteiger partial charge in [-0.3, -0.25) is 9.98 Å². The Balaban J connectivity index is 1.17. The largest absolute Gasteiger partial charge is 0.505 e. The molecular weight excluding hydrogens is 803 g/mol. The first kappa shape index (κ1) is 40.8. The first-order valence-corrected chi connectivity index (χ1v) is 19.1. The van der Waals surface area contributed by atoms with Gasteiger partial charge in [0, 0.05) is 27.7 Å². The van der Waals surface area contributed by atoms with E-state index in [1.165, 1.54) is 25.3 Å². The highest BCUT2D eigenvalue weighted by Gasteiger charge is 2.17. The van der Waals surface area contributed by atoms with Crippen molar-refractivity contribution in [2.75, 3.05) is 23.3 Å². The number of ether oxygens (including phenoxy) is 1. The minimum atomic E-state index is -4.41. The van der Waals surface area contributed by atoms with Crippen LogP contribution in [0.2, 0.25) is 0 Å². The summed E-state index contributed by atoms with van der Waals surface area (Å²) >= 11 is 1.42. The van der Waals surface area contributed by atoms with Crippen molar-refractivity contribution in [2.45, 2.75) is 21.6 Å². The summed E-state index contributed by atoms with van der Waals surface area (Å²) in [5.41, 5.74) is 10.8. The molecule has 0 radical (unpaired) electrons. The van der Waals surface area contributed by atoms with Gasteiger partial charge in [-0.25, -0.2) is 10.5 Å². The van der Waals surface area contributed by atoms with Crippen molar-refractivity contribution in [3.8, 4) is 11.5 Å². The van der Waals surface area contributed by atoms with Crippen molar-refractivity contribution in [1.82, 2.24) is 0 Å². The fourth-order valence-corrected chi connectivity index (χ4v) is 6.67. The second kappa shape index (κ2) is 18.9. The summed E-state index contributed by atoms with van der Waals surface area (Å²) < 4.78 is 47.3. The average molecular weight is 834 g/mol. The lowest BCUT2D eigenvalue weighted by Crippen LogP contribution is -2.10. The van der Waals surface area contributed by atoms with Crippen LogP contribution in [0.3, 0.4) is 0 Å². The normalized spacial score (nSPS) is 11.7. The maximum absolute atomic E-state index is 11.6. The summed E-state index contributed by atoms with van der Waals surface area (Å²) in [5.74, 6) is 0.234. The monoisotopic (exact) mass is 833 g/mol. The molecule has 0 amide bonds. The van der Waals surface area contributed by atoms with E-state index in [2.05, 4.69) is 55.4 Å². The lowest BCUT2D eigenvalue weighted by Gasteiger charge is -2.15. The van der Waals surface area contributed by atoms with Crippen LogP contribution < -0.4 is 20.9 Å². The molecule has 0 unspecified atom stereocenters. The molecule has 0 aromatic heterocycles. The Morgan fingerprint density at radius 2 is 1.35 bits per heavy atom. The van der Waals surface area contributed by atoms with Crippen LogP contribution in [0.15, 0.2) is 144 Å². The number of hydrogen-bond acceptors (Lipinski definition) is 19. The molecule has 0 fully saturated rings. The predicted molar refractivity (Wildman–Crippen MR) is 213 cm³/mol. The topological polar surface area (TPSA) is 247 Å². The van der Waals surface area contributed by atoms with Crippen LogP contribution >= 0.6 is 24.1 Å². The summed E-state index contributed by atoms with van der Waals surface area (Å²) in [6, 6.07) is 29.7. The van der Waals surface area contributed by atoms with Crippen LogP contribution in [0, 0.1) is 6.92 Å². The molecule has 0 spiro atoms. The molecule has 6 aromatic carbocycles. The molecule has 0 aliphatic heterocycles. The smallest absolute Gasteiger partial charge is 0.294 e. The molecule has 294 valence electrons. The molecule has 0 saturated heterocycles. The summed E-state index contributed by atoms with van der Waals surface area (Å²) in [5, 5.41) is 57.1. The van der Waals surface area contributed by atoms with Gasteiger partial charge in [0.2, 0.25) is 0 Å². The van der Waals surface area contributed by atoms with Crippen molar-refractivity contribution >= 4 is 90.5 Å². The zero-order valence-electron chi connectivity index (χ0n) is 29.6. The molecule has 7 N–H and O–H groups in total. The maximum atomic E-state index is 11.6. The van der Waals surface area contributed by atoms with Crippen molar-refractivity contribution in [2.24, 2.45) is 20.5 Å². The fraction of sp³-hybridized carbons (Fsp3) is 0.0556. The van der Waals surface area contributed by atoms with Crippen molar-refractivity contribution in [3.05, 3.63) is 115 Å². The highest BCUT2D eigenvalue weighted by Crippen LogP contribution is 2.45. The Labute approximate surface area is 333 Å². The minimum absolute atomic E-state index is 0.0157. The first-order valence-electron chi connectivity index (χ1n) is 16.2. The number of rotatable bonds is 17. The number of aryl methyl sites for hydroxylation is 1. The predicted octanol–water partition coefficient (Wildman–Crippen LogP) is 11.0. The molecule has 0 heterocycles. The third-order valence-electron chi connectivity index (χ3n) is 7.88. The summed E-state index contributed by atoms with van der Waals surface area (Å²) in [6.45, 7) is 1.86. The van der Waals surface area contributed by atoms with Crippen molar-refractivity contribution < 1.29 is 52.1 Å². The number of benzene rings is 6. The van der Waals surface area contributed by atoms with Crippen LogP contribution in [0.1, 0.15) is 5.56 Å². The van der Waals surface area contributed by atoms with E-state index < -0.39 is 10.1 Å². The third kappa shape index (κ3) is 10.7. The molecule has 6 aromatic rings. The van der Waals surface area contributed by atoms with E-state index in [0.29, 0.717) is 73.3 Å². The van der Waals surface area contributed by atoms with E-state index in [1.807, 2.05) is 6.92 Å². The number of nitrogens with zero attached hydrogens (tertiary/aromatic N) is 4. The molecule has 0 aliphatic carbocycles. The number of nitrogens with one attached hydrogen (secondary N) is 3. The number of anilines is 4. The molecule has 0 saturated carbocycles. The van der Waals surface area contributed by atoms with Gasteiger partial charge in [0.25, 0.3) is 10.1 Å². The molecule has 0 aliphatic rings. The van der Waals surface area contributed by atoms with E-state index in [9.17, 15) is 18.1 Å². The van der Waals surface area contributed by atoms with E-state index in [-0.39, 0.29) is 21.2 Å². The number of hydrazine groups is 1. The number of phenolic OH excluding ortho intramolecular Hbond substituents is 1. The second-order valence-corrected chi connectivity index (χ2v) is 14.6. The van der Waals surface area contributed by atoms with E-state index in [4.69, 9.17) is 15.3 Å². The fourth-order valence-electron chi connectivity index (χ4n) is 5.24. The van der Waals surface area contributed by atoms with Gasteiger partial charge in [0.1, 0.15) is 11.4 Å². The molecule has 57 heavy (non-hydrogen) atoms. The maximum Gasteiger partial charge on any atom is 0.294 e. The lowest BCUT2D eigenvalue weighted by molar-refractivity contribution is -0.432. The van der Waals surface area contributed by atoms with Gasteiger partial charge in [-0.15, -0.1) is 13.8 Å². The zero-order chi connectivity index (χ0) is 40.4. The molecule has 0 bridgehead atoms. The number of azo groups is 2. The quantitative estimate of drug-likeness (QED) is 0.0148. The van der Waals surface area contributed by atoms with E-state index in [1.54, 1.807) is 91.0 Å². The Kier molecular flexibility index (Phi) is 13.5. The van der Waals surface area contributed by atoms with Crippen LogP contribution in [0.25, 0.3) is 10.8 Å². The number of hydrogen-bond donors (Lipinski definition) is 7. The van der Waals surface area contributed by atoms with Gasteiger partial charge in [-0.1, -0.05) is 28.3 Å². The van der Waals surface area contributed by atoms with Gasteiger partial charge >= 0.3 is 0 Å². The Morgan fingerprint density at radius 1 is 0.684 bits per heavy atom. The molecule has 18 nitrogen and oxygen atoms in total. The van der Waals surface area contributed by atoms with Gasteiger partial charge in [0.15, 0.2) is 5.75 Å². The molecule has 6 rings (SSSR count). The molecular formula is C36H31N7O11S3. The van der Waals surface area contributed by atoms with Crippen LogP contribution in [-0.4, -0.2) is 35.7 Å². The summed E-state index contributed by atoms with van der Waals surface area (Å²) in [6.07, 6.45) is 0. The lowest BCUT2D eigenvalue weighted by atomic mass is 10.1. The first-order chi connectivity index (χ1) is 27.5. The van der Waals surface area contributed by atoms with Gasteiger partial charge < -0.3 is 20.6 Å². The highest BCUT2D eigenvalue weighted by molar-refractivity contribution is 7.95. The molecule has 0 atom stereocenters. The highest BCUT2D eigenvalue weighted by atomic mass is 32.2. The van der Waals surface area contributed by atoms with Crippen LogP contribution in [-0.2, 0) is 28.9 Å². The van der Waals surface area contributed by atoms with Gasteiger partial charge in [-0.05, 0) is 103 Å². The second-order valence-electron chi connectivity index (χ2n) is 11.6. The minimum Gasteiger partial charge on any atom is -0.505 e. The third-order valence-corrected chi connectivity index (χ3v) is 9.92. The molecule has 21 heteroatoms. The number of fused-ring (bicyclic) bond motifs is 1.